The van der Waals surface area contributed by atoms with E-state index < -0.39 is 0 Å². The number of benzene rings is 1. The zero-order valence-electron chi connectivity index (χ0n) is 8.65. The summed E-state index contributed by atoms with van der Waals surface area (Å²) in [5.41, 5.74) is 0. The molecule has 1 atom stereocenters. The maximum absolute atomic E-state index is 9.51. The largest absolute Gasteiger partial charge is 0.393 e. The van der Waals surface area contributed by atoms with E-state index in [2.05, 4.69) is 19.1 Å². The predicted octanol–water partition coefficient (Wildman–Crippen LogP) is 3.33. The topological polar surface area (TPSA) is 20.2 Å². The van der Waals surface area contributed by atoms with E-state index in [1.165, 1.54) is 4.90 Å². The standard InChI is InChI=1S/C12H18OS/c1-2-6-11(13)9-10-14-12-7-4-3-5-8-12/h3-5,7-8,11,13H,2,6,9-10H2,1H3/t11-/m1/s1. The Balaban J connectivity index is 2.16. The molecule has 0 aliphatic carbocycles. The van der Waals surface area contributed by atoms with Gasteiger partial charge in [-0.25, -0.2) is 0 Å². The van der Waals surface area contributed by atoms with Crippen molar-refractivity contribution in [1.29, 1.82) is 0 Å². The molecule has 14 heavy (non-hydrogen) atoms. The quantitative estimate of drug-likeness (QED) is 0.727. The summed E-state index contributed by atoms with van der Waals surface area (Å²) < 4.78 is 0. The molecule has 0 saturated carbocycles. The lowest BCUT2D eigenvalue weighted by Crippen LogP contribution is -2.06. The fraction of sp³-hybridized carbons (Fsp3) is 0.500. The van der Waals surface area contributed by atoms with E-state index in [0.29, 0.717) is 0 Å². The molecule has 0 aliphatic heterocycles. The molecular formula is C12H18OS. The summed E-state index contributed by atoms with van der Waals surface area (Å²) >= 11 is 1.81. The van der Waals surface area contributed by atoms with Crippen molar-refractivity contribution in [3.05, 3.63) is 30.3 Å². The third-order valence-electron chi connectivity index (χ3n) is 2.08. The Morgan fingerprint density at radius 3 is 2.57 bits per heavy atom. The normalized spacial score (nSPS) is 12.7. The first kappa shape index (κ1) is 11.6. The van der Waals surface area contributed by atoms with Crippen LogP contribution in [0, 0.1) is 0 Å². The van der Waals surface area contributed by atoms with Crippen molar-refractivity contribution in [2.75, 3.05) is 5.75 Å². The lowest BCUT2D eigenvalue weighted by Gasteiger charge is -2.08. The van der Waals surface area contributed by atoms with E-state index >= 15 is 0 Å². The zero-order valence-corrected chi connectivity index (χ0v) is 9.46. The van der Waals surface area contributed by atoms with E-state index in [9.17, 15) is 5.11 Å². The number of rotatable bonds is 6. The Bertz CT molecular complexity index is 235. The molecule has 0 saturated heterocycles. The van der Waals surface area contributed by atoms with Crippen LogP contribution in [-0.4, -0.2) is 17.0 Å². The second kappa shape index (κ2) is 6.91. The van der Waals surface area contributed by atoms with Crippen LogP contribution in [0.15, 0.2) is 35.2 Å². The van der Waals surface area contributed by atoms with Crippen LogP contribution in [-0.2, 0) is 0 Å². The molecule has 78 valence electrons. The van der Waals surface area contributed by atoms with Gasteiger partial charge in [0, 0.05) is 10.6 Å². The number of hydrogen-bond acceptors (Lipinski definition) is 2. The van der Waals surface area contributed by atoms with Crippen molar-refractivity contribution >= 4 is 11.8 Å². The Morgan fingerprint density at radius 1 is 1.21 bits per heavy atom. The van der Waals surface area contributed by atoms with Gasteiger partial charge in [-0.3, -0.25) is 0 Å². The first-order chi connectivity index (χ1) is 6.83. The van der Waals surface area contributed by atoms with Crippen LogP contribution < -0.4 is 0 Å². The SMILES string of the molecule is CCC[C@@H](O)CCSc1ccccc1. The van der Waals surface area contributed by atoms with E-state index in [1.54, 1.807) is 0 Å². The lowest BCUT2D eigenvalue weighted by molar-refractivity contribution is 0.160. The fourth-order valence-electron chi connectivity index (χ4n) is 1.31. The van der Waals surface area contributed by atoms with Crippen molar-refractivity contribution in [2.24, 2.45) is 0 Å². The molecule has 0 aliphatic rings. The molecule has 0 spiro atoms. The van der Waals surface area contributed by atoms with E-state index in [0.717, 1.165) is 25.0 Å². The second-order valence-electron chi connectivity index (χ2n) is 3.39. The smallest absolute Gasteiger partial charge is 0.0548 e. The van der Waals surface area contributed by atoms with Crippen LogP contribution in [0.5, 0.6) is 0 Å². The van der Waals surface area contributed by atoms with Gasteiger partial charge in [0.1, 0.15) is 0 Å². The summed E-state index contributed by atoms with van der Waals surface area (Å²) in [5.74, 6) is 1.01. The van der Waals surface area contributed by atoms with Crippen LogP contribution >= 0.6 is 11.8 Å². The average molecular weight is 210 g/mol. The maximum Gasteiger partial charge on any atom is 0.0548 e. The van der Waals surface area contributed by atoms with Gasteiger partial charge in [0.05, 0.1) is 6.10 Å². The predicted molar refractivity (Wildman–Crippen MR) is 62.7 cm³/mol. The molecule has 1 nitrogen and oxygen atoms in total. The highest BCUT2D eigenvalue weighted by atomic mass is 32.2. The van der Waals surface area contributed by atoms with Gasteiger partial charge < -0.3 is 5.11 Å². The van der Waals surface area contributed by atoms with Crippen molar-refractivity contribution in [3.63, 3.8) is 0 Å². The van der Waals surface area contributed by atoms with Gasteiger partial charge in [-0.2, -0.15) is 0 Å². The van der Waals surface area contributed by atoms with Crippen LogP contribution in [0.2, 0.25) is 0 Å². The highest BCUT2D eigenvalue weighted by Gasteiger charge is 2.02. The average Bonchev–Trinajstić information content (AvgIpc) is 2.20. The number of aliphatic hydroxyl groups is 1. The second-order valence-corrected chi connectivity index (χ2v) is 4.56. The highest BCUT2D eigenvalue weighted by molar-refractivity contribution is 7.99. The molecule has 0 unspecified atom stereocenters. The first-order valence-electron chi connectivity index (χ1n) is 5.19. The van der Waals surface area contributed by atoms with Gasteiger partial charge in [0.15, 0.2) is 0 Å². The van der Waals surface area contributed by atoms with Crippen molar-refractivity contribution in [1.82, 2.24) is 0 Å². The highest BCUT2D eigenvalue weighted by Crippen LogP contribution is 2.19. The summed E-state index contributed by atoms with van der Waals surface area (Å²) in [4.78, 5) is 1.29. The fourth-order valence-corrected chi connectivity index (χ4v) is 2.28. The summed E-state index contributed by atoms with van der Waals surface area (Å²) in [7, 11) is 0. The molecule has 0 heterocycles. The molecule has 2 heteroatoms. The summed E-state index contributed by atoms with van der Waals surface area (Å²) in [6, 6.07) is 10.3. The van der Waals surface area contributed by atoms with Gasteiger partial charge in [-0.05, 0) is 25.0 Å². The molecule has 1 aromatic rings. The summed E-state index contributed by atoms with van der Waals surface area (Å²) in [6.07, 6.45) is 2.77. The Hall–Kier alpha value is -0.470. The van der Waals surface area contributed by atoms with E-state index in [1.807, 2.05) is 30.0 Å². The van der Waals surface area contributed by atoms with Crippen LogP contribution in [0.3, 0.4) is 0 Å². The van der Waals surface area contributed by atoms with Gasteiger partial charge >= 0.3 is 0 Å². The molecule has 0 aromatic heterocycles. The molecule has 0 fully saturated rings. The molecule has 1 N–H and O–H groups in total. The van der Waals surface area contributed by atoms with Crippen LogP contribution in [0.25, 0.3) is 0 Å². The minimum absolute atomic E-state index is 0.115. The zero-order chi connectivity index (χ0) is 10.2. The minimum atomic E-state index is -0.115. The van der Waals surface area contributed by atoms with Crippen LogP contribution in [0.4, 0.5) is 0 Å². The lowest BCUT2D eigenvalue weighted by atomic mass is 10.2. The number of aliphatic hydroxyl groups excluding tert-OH is 1. The van der Waals surface area contributed by atoms with Gasteiger partial charge in [0.25, 0.3) is 0 Å². The summed E-state index contributed by atoms with van der Waals surface area (Å²) in [6.45, 7) is 2.10. The number of hydrogen-bond donors (Lipinski definition) is 1. The van der Waals surface area contributed by atoms with Crippen molar-refractivity contribution < 1.29 is 5.11 Å². The van der Waals surface area contributed by atoms with Crippen molar-refractivity contribution in [2.45, 2.75) is 37.2 Å². The molecule has 1 rings (SSSR count). The van der Waals surface area contributed by atoms with Gasteiger partial charge in [-0.1, -0.05) is 31.5 Å². The van der Waals surface area contributed by atoms with Gasteiger partial charge in [-0.15, -0.1) is 11.8 Å². The van der Waals surface area contributed by atoms with Crippen LogP contribution in [0.1, 0.15) is 26.2 Å². The minimum Gasteiger partial charge on any atom is -0.393 e. The van der Waals surface area contributed by atoms with Crippen molar-refractivity contribution in [3.8, 4) is 0 Å². The van der Waals surface area contributed by atoms with E-state index in [-0.39, 0.29) is 6.10 Å². The molecule has 0 bridgehead atoms. The third-order valence-corrected chi connectivity index (χ3v) is 3.13. The Labute approximate surface area is 90.5 Å². The molecule has 1 aromatic carbocycles. The maximum atomic E-state index is 9.51. The molecule has 0 amide bonds. The Morgan fingerprint density at radius 2 is 1.93 bits per heavy atom. The molecular weight excluding hydrogens is 192 g/mol. The monoisotopic (exact) mass is 210 g/mol. The Kier molecular flexibility index (Phi) is 5.72. The number of thioether (sulfide) groups is 1. The molecule has 0 radical (unpaired) electrons. The first-order valence-corrected chi connectivity index (χ1v) is 6.17. The van der Waals surface area contributed by atoms with Gasteiger partial charge in [0.2, 0.25) is 0 Å². The summed E-state index contributed by atoms with van der Waals surface area (Å²) in [5, 5.41) is 9.51. The van der Waals surface area contributed by atoms with E-state index in [4.69, 9.17) is 0 Å². The third kappa shape index (κ3) is 4.68.